The van der Waals surface area contributed by atoms with Gasteiger partial charge in [-0.1, -0.05) is 19.4 Å². The first-order chi connectivity index (χ1) is 13.8. The molecule has 1 fully saturated rings. The maximum Gasteiger partial charge on any atom is 0.416 e. The van der Waals surface area contributed by atoms with Gasteiger partial charge in [-0.2, -0.15) is 18.2 Å². The van der Waals surface area contributed by atoms with Crippen LogP contribution in [0.1, 0.15) is 49.4 Å². The van der Waals surface area contributed by atoms with Gasteiger partial charge in [0.2, 0.25) is 5.95 Å². The number of rotatable bonds is 6. The first-order valence-corrected chi connectivity index (χ1v) is 10.1. The molecule has 0 radical (unpaired) electrons. The van der Waals surface area contributed by atoms with Gasteiger partial charge in [-0.25, -0.2) is 4.98 Å². The molecule has 2 heterocycles. The number of hydrogen-bond donors (Lipinski definition) is 2. The van der Waals surface area contributed by atoms with Crippen molar-refractivity contribution in [3.05, 3.63) is 41.1 Å². The molecule has 0 saturated carbocycles. The summed E-state index contributed by atoms with van der Waals surface area (Å²) in [5.74, 6) is 1.08. The lowest BCUT2D eigenvalue weighted by Gasteiger charge is -2.32. The minimum atomic E-state index is -4.40. The van der Waals surface area contributed by atoms with Crippen LogP contribution in [0.2, 0.25) is 0 Å². The quantitative estimate of drug-likeness (QED) is 0.719. The monoisotopic (exact) mass is 407 g/mol. The van der Waals surface area contributed by atoms with Crippen molar-refractivity contribution >= 4 is 17.5 Å². The van der Waals surface area contributed by atoms with Gasteiger partial charge in [0.15, 0.2) is 0 Å². The standard InChI is InChI=1S/C21H28F3N5/c1-3-4-7-16-12-19(29-10-5-6-15(25)13-29)28-20(26-16)27-17-9-8-14(2)18(11-17)21(22,23)24/h8-9,11-12,15H,3-7,10,13,25H2,1-2H3,(H,26,27,28)/t15-/m1/s1. The highest BCUT2D eigenvalue weighted by atomic mass is 19.4. The number of nitrogens with zero attached hydrogens (tertiary/aromatic N) is 3. The lowest BCUT2D eigenvalue weighted by atomic mass is 10.1. The summed E-state index contributed by atoms with van der Waals surface area (Å²) in [5, 5.41) is 2.97. The Labute approximate surface area is 169 Å². The molecule has 0 bridgehead atoms. The van der Waals surface area contributed by atoms with E-state index in [0.717, 1.165) is 56.2 Å². The molecule has 0 spiro atoms. The van der Waals surface area contributed by atoms with Crippen molar-refractivity contribution < 1.29 is 13.2 Å². The first-order valence-electron chi connectivity index (χ1n) is 10.1. The largest absolute Gasteiger partial charge is 0.416 e. The van der Waals surface area contributed by atoms with Gasteiger partial charge >= 0.3 is 6.18 Å². The lowest BCUT2D eigenvalue weighted by Crippen LogP contribution is -2.43. The summed E-state index contributed by atoms with van der Waals surface area (Å²) in [5.41, 5.74) is 6.82. The highest BCUT2D eigenvalue weighted by molar-refractivity contribution is 5.58. The molecule has 1 aliphatic heterocycles. The fourth-order valence-corrected chi connectivity index (χ4v) is 3.54. The zero-order valence-corrected chi connectivity index (χ0v) is 16.9. The summed E-state index contributed by atoms with van der Waals surface area (Å²) in [6.07, 6.45) is 0.384. The Morgan fingerprint density at radius 1 is 1.24 bits per heavy atom. The summed E-state index contributed by atoms with van der Waals surface area (Å²) in [6.45, 7) is 5.13. The van der Waals surface area contributed by atoms with E-state index in [0.29, 0.717) is 18.2 Å². The zero-order chi connectivity index (χ0) is 21.0. The zero-order valence-electron chi connectivity index (χ0n) is 16.9. The van der Waals surface area contributed by atoms with Gasteiger partial charge in [-0.05, 0) is 50.3 Å². The molecular weight excluding hydrogens is 379 g/mol. The Balaban J connectivity index is 1.90. The number of benzene rings is 1. The molecule has 8 heteroatoms. The van der Waals surface area contributed by atoms with Crippen molar-refractivity contribution in [2.45, 2.75) is 58.2 Å². The van der Waals surface area contributed by atoms with E-state index in [9.17, 15) is 13.2 Å². The van der Waals surface area contributed by atoms with Crippen LogP contribution in [0, 0.1) is 6.92 Å². The number of aromatic nitrogens is 2. The molecule has 1 aliphatic rings. The number of halogens is 3. The van der Waals surface area contributed by atoms with E-state index in [-0.39, 0.29) is 11.6 Å². The van der Waals surface area contributed by atoms with Crippen LogP contribution in [-0.2, 0) is 12.6 Å². The van der Waals surface area contributed by atoms with Gasteiger partial charge in [0.1, 0.15) is 5.82 Å². The van der Waals surface area contributed by atoms with Gasteiger partial charge in [0.05, 0.1) is 5.56 Å². The molecule has 1 saturated heterocycles. The van der Waals surface area contributed by atoms with Crippen molar-refractivity contribution in [1.29, 1.82) is 0 Å². The Morgan fingerprint density at radius 2 is 2.03 bits per heavy atom. The number of hydrogen-bond acceptors (Lipinski definition) is 5. The van der Waals surface area contributed by atoms with Crippen LogP contribution in [0.15, 0.2) is 24.3 Å². The molecule has 5 nitrogen and oxygen atoms in total. The molecular formula is C21H28F3N5. The van der Waals surface area contributed by atoms with Crippen LogP contribution in [0.25, 0.3) is 0 Å². The predicted molar refractivity (Wildman–Crippen MR) is 110 cm³/mol. The third kappa shape index (κ3) is 5.59. The second-order valence-electron chi connectivity index (χ2n) is 7.65. The Hall–Kier alpha value is -2.35. The molecule has 29 heavy (non-hydrogen) atoms. The van der Waals surface area contributed by atoms with Gasteiger partial charge in [-0.3, -0.25) is 0 Å². The fraction of sp³-hybridized carbons (Fsp3) is 0.524. The van der Waals surface area contributed by atoms with E-state index in [2.05, 4.69) is 27.1 Å². The van der Waals surface area contributed by atoms with Crippen LogP contribution in [0.5, 0.6) is 0 Å². The van der Waals surface area contributed by atoms with Gasteiger partial charge in [-0.15, -0.1) is 0 Å². The van der Waals surface area contributed by atoms with E-state index in [4.69, 9.17) is 5.73 Å². The third-order valence-corrected chi connectivity index (χ3v) is 5.13. The minimum Gasteiger partial charge on any atom is -0.355 e. The van der Waals surface area contributed by atoms with E-state index in [1.54, 1.807) is 6.07 Å². The minimum absolute atomic E-state index is 0.0978. The molecule has 0 aliphatic carbocycles. The van der Waals surface area contributed by atoms with Crippen molar-refractivity contribution in [3.8, 4) is 0 Å². The highest BCUT2D eigenvalue weighted by Gasteiger charge is 2.32. The average Bonchev–Trinajstić information content (AvgIpc) is 2.67. The number of alkyl halides is 3. The molecule has 3 rings (SSSR count). The molecule has 1 aromatic heterocycles. The van der Waals surface area contributed by atoms with E-state index in [1.165, 1.54) is 13.0 Å². The molecule has 2 aromatic rings. The van der Waals surface area contributed by atoms with Crippen LogP contribution < -0.4 is 16.0 Å². The Morgan fingerprint density at radius 3 is 2.72 bits per heavy atom. The van der Waals surface area contributed by atoms with Crippen LogP contribution in [0.4, 0.5) is 30.6 Å². The van der Waals surface area contributed by atoms with Crippen molar-refractivity contribution in [1.82, 2.24) is 9.97 Å². The number of nitrogens with one attached hydrogen (secondary N) is 1. The summed E-state index contributed by atoms with van der Waals surface area (Å²) < 4.78 is 39.7. The van der Waals surface area contributed by atoms with Gasteiger partial charge < -0.3 is 16.0 Å². The summed E-state index contributed by atoms with van der Waals surface area (Å²) >= 11 is 0. The second kappa shape index (κ2) is 8.98. The smallest absolute Gasteiger partial charge is 0.355 e. The third-order valence-electron chi connectivity index (χ3n) is 5.13. The molecule has 3 N–H and O–H groups in total. The number of nitrogens with two attached hydrogens (primary N) is 1. The van der Waals surface area contributed by atoms with Crippen LogP contribution in [0.3, 0.4) is 0 Å². The summed E-state index contributed by atoms with van der Waals surface area (Å²) in [6, 6.07) is 6.24. The number of anilines is 3. The van der Waals surface area contributed by atoms with Crippen LogP contribution in [-0.4, -0.2) is 29.1 Å². The lowest BCUT2D eigenvalue weighted by molar-refractivity contribution is -0.138. The SMILES string of the molecule is CCCCc1cc(N2CCC[C@@H](N)C2)nc(Nc2ccc(C)c(C(F)(F)F)c2)n1. The Bertz CT molecular complexity index is 838. The molecule has 1 atom stereocenters. The topological polar surface area (TPSA) is 67.1 Å². The van der Waals surface area contributed by atoms with E-state index in [1.807, 2.05) is 6.07 Å². The van der Waals surface area contributed by atoms with Gasteiger partial charge in [0.25, 0.3) is 0 Å². The maximum absolute atomic E-state index is 13.2. The molecule has 0 amide bonds. The molecule has 1 aromatic carbocycles. The van der Waals surface area contributed by atoms with Crippen molar-refractivity contribution in [2.24, 2.45) is 5.73 Å². The second-order valence-corrected chi connectivity index (χ2v) is 7.65. The van der Waals surface area contributed by atoms with Crippen LogP contribution >= 0.6 is 0 Å². The van der Waals surface area contributed by atoms with Crippen molar-refractivity contribution in [2.75, 3.05) is 23.3 Å². The van der Waals surface area contributed by atoms with E-state index < -0.39 is 11.7 Å². The molecule has 0 unspecified atom stereocenters. The van der Waals surface area contributed by atoms with Crippen molar-refractivity contribution in [3.63, 3.8) is 0 Å². The number of aryl methyl sites for hydroxylation is 2. The highest BCUT2D eigenvalue weighted by Crippen LogP contribution is 2.34. The Kier molecular flexibility index (Phi) is 6.62. The average molecular weight is 407 g/mol. The fourth-order valence-electron chi connectivity index (χ4n) is 3.54. The number of unbranched alkanes of at least 4 members (excludes halogenated alkanes) is 1. The van der Waals surface area contributed by atoms with Gasteiger partial charge in [0, 0.05) is 36.6 Å². The normalized spacial score (nSPS) is 17.4. The number of piperidine rings is 1. The molecule has 158 valence electrons. The first kappa shape index (κ1) is 21.4. The maximum atomic E-state index is 13.2. The summed E-state index contributed by atoms with van der Waals surface area (Å²) in [7, 11) is 0. The predicted octanol–water partition coefficient (Wildman–Crippen LogP) is 4.82. The summed E-state index contributed by atoms with van der Waals surface area (Å²) in [4.78, 5) is 11.2. The van der Waals surface area contributed by atoms with E-state index >= 15 is 0 Å².